The van der Waals surface area contributed by atoms with Gasteiger partial charge in [0.25, 0.3) is 5.91 Å². The number of H-pyrrole nitrogens is 1. The molecule has 2 aromatic carbocycles. The van der Waals surface area contributed by atoms with Gasteiger partial charge in [-0.1, -0.05) is 25.8 Å². The lowest BCUT2D eigenvalue weighted by Gasteiger charge is -2.25. The summed E-state index contributed by atoms with van der Waals surface area (Å²) in [5.74, 6) is -0.915. The SMILES string of the molecule is CCc1[nH]nc2cc(N(C(=O)c3cccnc3)c3cccc(C(=O)O)c3)cc(C3CCCC3)c12. The minimum absolute atomic E-state index is 0.117. The van der Waals surface area contributed by atoms with Crippen molar-refractivity contribution in [3.63, 3.8) is 0 Å². The number of nitrogens with zero attached hydrogens (tertiary/aromatic N) is 3. The highest BCUT2D eigenvalue weighted by Gasteiger charge is 2.27. The molecule has 7 nitrogen and oxygen atoms in total. The van der Waals surface area contributed by atoms with Crippen LogP contribution in [0.1, 0.15) is 70.5 Å². The molecule has 34 heavy (non-hydrogen) atoms. The third-order valence-electron chi connectivity index (χ3n) is 6.62. The second-order valence-corrected chi connectivity index (χ2v) is 8.70. The molecule has 0 atom stereocenters. The van der Waals surface area contributed by atoms with Gasteiger partial charge in [-0.3, -0.25) is 19.8 Å². The molecular formula is C27H26N4O3. The molecule has 5 rings (SSSR count). The van der Waals surface area contributed by atoms with Crippen molar-refractivity contribution < 1.29 is 14.7 Å². The maximum Gasteiger partial charge on any atom is 0.335 e. The molecule has 0 saturated heterocycles. The minimum atomic E-state index is -1.04. The molecule has 2 heterocycles. The first-order chi connectivity index (χ1) is 16.6. The fourth-order valence-corrected chi connectivity index (χ4v) is 4.96. The van der Waals surface area contributed by atoms with E-state index >= 15 is 0 Å². The van der Waals surface area contributed by atoms with Gasteiger partial charge >= 0.3 is 5.97 Å². The van der Waals surface area contributed by atoms with Crippen molar-refractivity contribution in [3.8, 4) is 0 Å². The highest BCUT2D eigenvalue weighted by atomic mass is 16.4. The third kappa shape index (κ3) is 3.94. The molecule has 4 aromatic rings. The maximum absolute atomic E-state index is 13.8. The van der Waals surface area contributed by atoms with Gasteiger partial charge in [0.15, 0.2) is 0 Å². The highest BCUT2D eigenvalue weighted by molar-refractivity contribution is 6.12. The number of hydrogen-bond donors (Lipinski definition) is 2. The summed E-state index contributed by atoms with van der Waals surface area (Å²) in [5, 5.41) is 18.4. The smallest absolute Gasteiger partial charge is 0.335 e. The van der Waals surface area contributed by atoms with Gasteiger partial charge in [0.1, 0.15) is 0 Å². The topological polar surface area (TPSA) is 99.2 Å². The number of benzene rings is 2. The van der Waals surface area contributed by atoms with Gasteiger partial charge in [-0.2, -0.15) is 5.10 Å². The van der Waals surface area contributed by atoms with E-state index in [9.17, 15) is 14.7 Å². The van der Waals surface area contributed by atoms with E-state index in [2.05, 4.69) is 28.2 Å². The Balaban J connectivity index is 1.73. The average Bonchev–Trinajstić information content (AvgIpc) is 3.55. The van der Waals surface area contributed by atoms with Gasteiger partial charge in [0, 0.05) is 23.5 Å². The number of carbonyl (C=O) groups is 2. The standard InChI is InChI=1S/C27H26N4O3/c1-2-23-25-22(17-7-3-4-8-17)14-21(15-24(25)30-29-23)31(26(32)19-10-6-12-28-16-19)20-11-5-9-18(13-20)27(33)34/h5-6,9-17H,2-4,7-8H2,1H3,(H,29,30)(H,33,34). The van der Waals surface area contributed by atoms with Gasteiger partial charge < -0.3 is 5.11 Å². The van der Waals surface area contributed by atoms with E-state index in [0.717, 1.165) is 35.9 Å². The molecular weight excluding hydrogens is 428 g/mol. The Labute approximate surface area is 197 Å². The zero-order valence-corrected chi connectivity index (χ0v) is 19.0. The zero-order valence-electron chi connectivity index (χ0n) is 19.0. The molecule has 0 radical (unpaired) electrons. The predicted octanol–water partition coefficient (Wildman–Crippen LogP) is 5.85. The van der Waals surface area contributed by atoms with E-state index in [1.165, 1.54) is 36.7 Å². The number of aromatic carboxylic acids is 1. The fraction of sp³-hybridized carbons (Fsp3) is 0.259. The van der Waals surface area contributed by atoms with Crippen molar-refractivity contribution in [2.45, 2.75) is 44.9 Å². The fourth-order valence-electron chi connectivity index (χ4n) is 4.96. The molecule has 1 amide bonds. The van der Waals surface area contributed by atoms with Crippen LogP contribution in [0.5, 0.6) is 0 Å². The quantitative estimate of drug-likeness (QED) is 0.380. The molecule has 0 bridgehead atoms. The second kappa shape index (κ2) is 9.09. The van der Waals surface area contributed by atoms with Crippen molar-refractivity contribution in [1.29, 1.82) is 0 Å². The van der Waals surface area contributed by atoms with Crippen molar-refractivity contribution in [1.82, 2.24) is 15.2 Å². The van der Waals surface area contributed by atoms with E-state index in [4.69, 9.17) is 0 Å². The number of fused-ring (bicyclic) bond motifs is 1. The molecule has 2 N–H and O–H groups in total. The first kappa shape index (κ1) is 21.8. The van der Waals surface area contributed by atoms with Crippen LogP contribution in [0, 0.1) is 0 Å². The number of rotatable bonds is 6. The number of aryl methyl sites for hydroxylation is 1. The number of carbonyl (C=O) groups excluding carboxylic acids is 1. The van der Waals surface area contributed by atoms with Gasteiger partial charge in [0.05, 0.1) is 28.0 Å². The van der Waals surface area contributed by atoms with Crippen LogP contribution in [-0.4, -0.2) is 32.2 Å². The van der Waals surface area contributed by atoms with Crippen molar-refractivity contribution in [3.05, 3.63) is 83.3 Å². The molecule has 1 aliphatic rings. The molecule has 1 fully saturated rings. The van der Waals surface area contributed by atoms with E-state index < -0.39 is 5.97 Å². The monoisotopic (exact) mass is 454 g/mol. The molecule has 0 unspecified atom stereocenters. The Morgan fingerprint density at radius 3 is 2.56 bits per heavy atom. The number of amides is 1. The average molecular weight is 455 g/mol. The zero-order chi connectivity index (χ0) is 23.7. The third-order valence-corrected chi connectivity index (χ3v) is 6.62. The van der Waals surface area contributed by atoms with Crippen LogP contribution >= 0.6 is 0 Å². The second-order valence-electron chi connectivity index (χ2n) is 8.70. The number of carboxylic acid groups (broad SMARTS) is 1. The summed E-state index contributed by atoms with van der Waals surface area (Å²) in [6.45, 7) is 2.11. The highest BCUT2D eigenvalue weighted by Crippen LogP contribution is 2.42. The van der Waals surface area contributed by atoms with E-state index in [0.29, 0.717) is 22.9 Å². The van der Waals surface area contributed by atoms with Crippen LogP contribution in [0.2, 0.25) is 0 Å². The number of hydrogen-bond acceptors (Lipinski definition) is 4. The molecule has 172 valence electrons. The molecule has 1 aliphatic carbocycles. The van der Waals surface area contributed by atoms with Crippen LogP contribution < -0.4 is 4.90 Å². The summed E-state index contributed by atoms with van der Waals surface area (Å²) in [6, 6.07) is 13.9. The predicted molar refractivity (Wildman–Crippen MR) is 131 cm³/mol. The van der Waals surface area contributed by atoms with Crippen LogP contribution in [0.3, 0.4) is 0 Å². The lowest BCUT2D eigenvalue weighted by atomic mass is 9.92. The number of aromatic nitrogens is 3. The molecule has 2 aromatic heterocycles. The Hall–Kier alpha value is -4.00. The maximum atomic E-state index is 13.8. The molecule has 7 heteroatoms. The van der Waals surface area contributed by atoms with Crippen molar-refractivity contribution in [2.24, 2.45) is 0 Å². The normalized spacial score (nSPS) is 13.9. The van der Waals surface area contributed by atoms with Crippen molar-refractivity contribution in [2.75, 3.05) is 4.90 Å². The van der Waals surface area contributed by atoms with Gasteiger partial charge in [-0.15, -0.1) is 0 Å². The van der Waals surface area contributed by atoms with Crippen LogP contribution in [0.25, 0.3) is 10.9 Å². The number of anilines is 2. The van der Waals surface area contributed by atoms with E-state index in [1.54, 1.807) is 35.4 Å². The molecule has 0 spiro atoms. The van der Waals surface area contributed by atoms with E-state index in [1.807, 2.05) is 6.07 Å². The van der Waals surface area contributed by atoms with Crippen molar-refractivity contribution >= 4 is 34.2 Å². The number of nitrogens with one attached hydrogen (secondary N) is 1. The number of pyridine rings is 1. The largest absolute Gasteiger partial charge is 0.478 e. The minimum Gasteiger partial charge on any atom is -0.478 e. The summed E-state index contributed by atoms with van der Waals surface area (Å²) in [6.07, 6.45) is 8.58. The first-order valence-electron chi connectivity index (χ1n) is 11.7. The Kier molecular flexibility index (Phi) is 5.84. The first-order valence-corrected chi connectivity index (χ1v) is 11.7. The Bertz CT molecular complexity index is 1360. The summed E-state index contributed by atoms with van der Waals surface area (Å²) in [4.78, 5) is 31.1. The Morgan fingerprint density at radius 2 is 1.85 bits per heavy atom. The summed E-state index contributed by atoms with van der Waals surface area (Å²) >= 11 is 0. The van der Waals surface area contributed by atoms with Crippen LogP contribution in [0.4, 0.5) is 11.4 Å². The van der Waals surface area contributed by atoms with Crippen LogP contribution in [0.15, 0.2) is 60.9 Å². The summed E-state index contributed by atoms with van der Waals surface area (Å²) in [7, 11) is 0. The lowest BCUT2D eigenvalue weighted by Crippen LogP contribution is -2.26. The number of aromatic amines is 1. The summed E-state index contributed by atoms with van der Waals surface area (Å²) in [5.41, 5.74) is 4.80. The van der Waals surface area contributed by atoms with Gasteiger partial charge in [0.2, 0.25) is 0 Å². The van der Waals surface area contributed by atoms with Crippen LogP contribution in [-0.2, 0) is 6.42 Å². The number of carboxylic acids is 1. The molecule has 1 saturated carbocycles. The van der Waals surface area contributed by atoms with Gasteiger partial charge in [-0.05, 0) is 73.2 Å². The lowest BCUT2D eigenvalue weighted by molar-refractivity contribution is 0.0696. The Morgan fingerprint density at radius 1 is 1.06 bits per heavy atom. The molecule has 0 aliphatic heterocycles. The van der Waals surface area contributed by atoms with Gasteiger partial charge in [-0.25, -0.2) is 4.79 Å². The van der Waals surface area contributed by atoms with E-state index in [-0.39, 0.29) is 11.5 Å². The summed E-state index contributed by atoms with van der Waals surface area (Å²) < 4.78 is 0.